The van der Waals surface area contributed by atoms with Gasteiger partial charge in [-0.2, -0.15) is 5.10 Å². The molecule has 10 heteroatoms. The highest BCUT2D eigenvalue weighted by molar-refractivity contribution is 5.94. The molecule has 1 aliphatic carbocycles. The second-order valence-corrected chi connectivity index (χ2v) is 9.39. The lowest BCUT2D eigenvalue weighted by molar-refractivity contribution is -0.140. The topological polar surface area (TPSA) is 112 Å². The Morgan fingerprint density at radius 1 is 1.03 bits per heavy atom. The number of aryl methyl sites for hydroxylation is 1. The third-order valence-electron chi connectivity index (χ3n) is 7.07. The first-order valence-corrected chi connectivity index (χ1v) is 12.3. The lowest BCUT2D eigenvalue weighted by Crippen LogP contribution is -2.59. The zero-order valence-electron chi connectivity index (χ0n) is 20.3. The van der Waals surface area contributed by atoms with Crippen LogP contribution in [-0.2, 0) is 9.59 Å². The molecule has 4 rings (SSSR count). The fourth-order valence-corrected chi connectivity index (χ4v) is 4.89. The monoisotopic (exact) mass is 469 g/mol. The van der Waals surface area contributed by atoms with Gasteiger partial charge in [-0.3, -0.25) is 14.4 Å². The van der Waals surface area contributed by atoms with Crippen molar-refractivity contribution in [2.24, 2.45) is 5.92 Å². The smallest absolute Gasteiger partial charge is 0.255 e. The predicted octanol–water partition coefficient (Wildman–Crippen LogP) is 0.995. The Labute approximate surface area is 200 Å². The number of nitrogens with zero attached hydrogens (tertiary/aromatic N) is 5. The third-order valence-corrected chi connectivity index (χ3v) is 7.07. The maximum atomic E-state index is 13.5. The number of hydrogen-bond acceptors (Lipinski definition) is 6. The van der Waals surface area contributed by atoms with Crippen molar-refractivity contribution >= 4 is 23.4 Å². The molecule has 1 saturated heterocycles. The van der Waals surface area contributed by atoms with Gasteiger partial charge >= 0.3 is 0 Å². The van der Waals surface area contributed by atoms with Crippen LogP contribution in [0.5, 0.6) is 0 Å². The van der Waals surface area contributed by atoms with Crippen LogP contribution in [0.4, 0.5) is 0 Å². The van der Waals surface area contributed by atoms with Gasteiger partial charge in [0.25, 0.3) is 5.91 Å². The van der Waals surface area contributed by atoms with Gasteiger partial charge in [0.05, 0.1) is 11.6 Å². The summed E-state index contributed by atoms with van der Waals surface area (Å²) in [6.45, 7) is 5.42. The highest BCUT2D eigenvalue weighted by Gasteiger charge is 2.36. The van der Waals surface area contributed by atoms with E-state index in [0.717, 1.165) is 25.7 Å². The van der Waals surface area contributed by atoms with E-state index in [1.807, 2.05) is 6.92 Å². The van der Waals surface area contributed by atoms with Crippen molar-refractivity contribution in [3.05, 3.63) is 29.7 Å². The van der Waals surface area contributed by atoms with Crippen molar-refractivity contribution in [2.75, 3.05) is 33.2 Å². The molecule has 34 heavy (non-hydrogen) atoms. The molecule has 2 aromatic heterocycles. The number of hydrogen-bond donors (Lipinski definition) is 2. The largest absolute Gasteiger partial charge is 0.343 e. The summed E-state index contributed by atoms with van der Waals surface area (Å²) < 4.78 is 1.62. The van der Waals surface area contributed by atoms with E-state index in [0.29, 0.717) is 43.2 Å². The first-order chi connectivity index (χ1) is 16.4. The van der Waals surface area contributed by atoms with Crippen LogP contribution < -0.4 is 10.6 Å². The van der Waals surface area contributed by atoms with Crippen LogP contribution in [0.25, 0.3) is 5.65 Å². The number of pyridine rings is 1. The second-order valence-electron chi connectivity index (χ2n) is 9.39. The first kappa shape index (κ1) is 24.1. The van der Waals surface area contributed by atoms with Gasteiger partial charge in [-0.05, 0) is 51.8 Å². The minimum atomic E-state index is -0.510. The van der Waals surface area contributed by atoms with Gasteiger partial charge in [0.15, 0.2) is 5.65 Å². The number of piperazine rings is 1. The maximum Gasteiger partial charge on any atom is 0.255 e. The molecular formula is C24H35N7O3. The van der Waals surface area contributed by atoms with Gasteiger partial charge < -0.3 is 20.4 Å². The van der Waals surface area contributed by atoms with E-state index < -0.39 is 6.04 Å². The van der Waals surface area contributed by atoms with Crippen molar-refractivity contribution in [3.63, 3.8) is 0 Å². The molecule has 2 N–H and O–H groups in total. The zero-order valence-corrected chi connectivity index (χ0v) is 20.3. The highest BCUT2D eigenvalue weighted by atomic mass is 16.2. The molecule has 2 aliphatic rings. The van der Waals surface area contributed by atoms with E-state index in [-0.39, 0.29) is 29.7 Å². The van der Waals surface area contributed by atoms with Gasteiger partial charge in [-0.15, -0.1) is 0 Å². The van der Waals surface area contributed by atoms with E-state index in [1.54, 1.807) is 46.6 Å². The normalized spacial score (nSPS) is 19.1. The zero-order chi connectivity index (χ0) is 24.2. The summed E-state index contributed by atoms with van der Waals surface area (Å²) in [6.07, 6.45) is 6.96. The summed E-state index contributed by atoms with van der Waals surface area (Å²) in [5, 5.41) is 10.3. The summed E-state index contributed by atoms with van der Waals surface area (Å²) in [4.78, 5) is 47.0. The van der Waals surface area contributed by atoms with Gasteiger partial charge in [0, 0.05) is 32.4 Å². The number of aromatic nitrogens is 3. The Hall–Kier alpha value is -3.01. The number of carbonyl (C=O) groups is 3. The maximum absolute atomic E-state index is 13.5. The SMILES string of the molecule is CN[C@@H](C)C(=O)N[C@H](C(=O)N1CCN(C(=O)c2ccc3nc(C)nn3c2)CC1)C1CCCCC1. The average Bonchev–Trinajstić information content (AvgIpc) is 3.25. The molecular weight excluding hydrogens is 434 g/mol. The van der Waals surface area contributed by atoms with E-state index >= 15 is 0 Å². The van der Waals surface area contributed by atoms with Crippen LogP contribution in [-0.4, -0.2) is 87.4 Å². The molecule has 0 spiro atoms. The first-order valence-electron chi connectivity index (χ1n) is 12.3. The Morgan fingerprint density at radius 2 is 1.71 bits per heavy atom. The molecule has 1 aliphatic heterocycles. The minimum Gasteiger partial charge on any atom is -0.343 e. The summed E-state index contributed by atoms with van der Waals surface area (Å²) >= 11 is 0. The molecule has 3 heterocycles. The number of fused-ring (bicyclic) bond motifs is 1. The molecule has 2 fully saturated rings. The Bertz CT molecular complexity index is 1040. The van der Waals surface area contributed by atoms with Crippen molar-refractivity contribution in [3.8, 4) is 0 Å². The van der Waals surface area contributed by atoms with Gasteiger partial charge in [0.1, 0.15) is 11.9 Å². The van der Waals surface area contributed by atoms with Crippen LogP contribution in [0, 0.1) is 12.8 Å². The van der Waals surface area contributed by atoms with Crippen LogP contribution in [0.1, 0.15) is 55.2 Å². The summed E-state index contributed by atoms with van der Waals surface area (Å²) in [5.41, 5.74) is 1.25. The van der Waals surface area contributed by atoms with E-state index in [1.165, 1.54) is 6.42 Å². The highest BCUT2D eigenvalue weighted by Crippen LogP contribution is 2.28. The average molecular weight is 470 g/mol. The summed E-state index contributed by atoms with van der Waals surface area (Å²) in [6, 6.07) is 2.68. The van der Waals surface area contributed by atoms with E-state index in [4.69, 9.17) is 0 Å². The van der Waals surface area contributed by atoms with Gasteiger partial charge in [-0.1, -0.05) is 19.3 Å². The number of likely N-dealkylation sites (N-methyl/N-ethyl adjacent to an activating group) is 1. The lowest BCUT2D eigenvalue weighted by atomic mass is 9.83. The number of amides is 3. The standard InChI is InChI=1S/C24H35N7O3/c1-16(25-3)22(32)27-21(18-7-5-4-6-8-18)24(34)30-13-11-29(12-14-30)23(33)19-9-10-20-26-17(2)28-31(20)15-19/h9-10,15-16,18,21,25H,4-8,11-14H2,1-3H3,(H,27,32)/t16-,21-/m0/s1. The number of nitrogens with one attached hydrogen (secondary N) is 2. The Morgan fingerprint density at radius 3 is 2.38 bits per heavy atom. The minimum absolute atomic E-state index is 0.0323. The van der Waals surface area contributed by atoms with E-state index in [2.05, 4.69) is 20.7 Å². The second kappa shape index (κ2) is 10.5. The molecule has 0 aromatic carbocycles. The molecule has 184 valence electrons. The molecule has 0 bridgehead atoms. The van der Waals surface area contributed by atoms with Crippen LogP contribution >= 0.6 is 0 Å². The Balaban J connectivity index is 1.40. The Kier molecular flexibility index (Phi) is 7.45. The molecule has 0 radical (unpaired) electrons. The molecule has 10 nitrogen and oxygen atoms in total. The van der Waals surface area contributed by atoms with Crippen LogP contribution in [0.2, 0.25) is 0 Å². The van der Waals surface area contributed by atoms with Gasteiger partial charge in [0.2, 0.25) is 11.8 Å². The van der Waals surface area contributed by atoms with Gasteiger partial charge in [-0.25, -0.2) is 9.50 Å². The van der Waals surface area contributed by atoms with Crippen molar-refractivity contribution in [1.29, 1.82) is 0 Å². The summed E-state index contributed by atoms with van der Waals surface area (Å²) in [7, 11) is 1.74. The molecule has 3 amide bonds. The lowest BCUT2D eigenvalue weighted by Gasteiger charge is -2.39. The van der Waals surface area contributed by atoms with Crippen LogP contribution in [0.15, 0.2) is 18.3 Å². The third kappa shape index (κ3) is 5.22. The molecule has 0 unspecified atom stereocenters. The van der Waals surface area contributed by atoms with Crippen molar-refractivity contribution < 1.29 is 14.4 Å². The fraction of sp³-hybridized carbons (Fsp3) is 0.625. The summed E-state index contributed by atoms with van der Waals surface area (Å²) in [5.74, 6) is 0.545. The molecule has 2 aromatic rings. The van der Waals surface area contributed by atoms with Crippen molar-refractivity contribution in [1.82, 2.24) is 35.0 Å². The van der Waals surface area contributed by atoms with Crippen LogP contribution in [0.3, 0.4) is 0 Å². The molecule has 1 saturated carbocycles. The van der Waals surface area contributed by atoms with Crippen molar-refractivity contribution in [2.45, 2.75) is 58.0 Å². The predicted molar refractivity (Wildman–Crippen MR) is 127 cm³/mol. The number of rotatable bonds is 6. The number of carbonyl (C=O) groups excluding carboxylic acids is 3. The molecule has 2 atom stereocenters. The van der Waals surface area contributed by atoms with E-state index in [9.17, 15) is 14.4 Å². The quantitative estimate of drug-likeness (QED) is 0.653. The fourth-order valence-electron chi connectivity index (χ4n) is 4.89.